The van der Waals surface area contributed by atoms with E-state index >= 15 is 0 Å². The van der Waals surface area contributed by atoms with Gasteiger partial charge in [-0.2, -0.15) is 0 Å². The Labute approximate surface area is 109 Å². The molecule has 2 rings (SSSR count). The van der Waals surface area contributed by atoms with Crippen LogP contribution in [0.2, 0.25) is 0 Å². The normalized spacial score (nSPS) is 15.2. The van der Waals surface area contributed by atoms with Crippen LogP contribution in [0.25, 0.3) is 0 Å². The number of ether oxygens (including phenoxy) is 2. The first-order valence-electron chi connectivity index (χ1n) is 6.86. The van der Waals surface area contributed by atoms with Gasteiger partial charge >= 0.3 is 0 Å². The van der Waals surface area contributed by atoms with E-state index in [0.717, 1.165) is 44.8 Å². The molecule has 0 saturated carbocycles. The van der Waals surface area contributed by atoms with Gasteiger partial charge < -0.3 is 14.8 Å². The summed E-state index contributed by atoms with van der Waals surface area (Å²) >= 11 is 0. The molecule has 0 aromatic heterocycles. The van der Waals surface area contributed by atoms with Crippen molar-refractivity contribution in [2.24, 2.45) is 0 Å². The highest BCUT2D eigenvalue weighted by atomic mass is 16.5. The highest BCUT2D eigenvalue weighted by molar-refractivity contribution is 5.45. The van der Waals surface area contributed by atoms with Gasteiger partial charge in [0.1, 0.15) is 5.75 Å². The predicted molar refractivity (Wildman–Crippen MR) is 73.2 cm³/mol. The second kappa shape index (κ2) is 6.76. The van der Waals surface area contributed by atoms with Gasteiger partial charge in [-0.15, -0.1) is 0 Å². The largest absolute Gasteiger partial charge is 0.493 e. The molecule has 1 N–H and O–H groups in total. The minimum Gasteiger partial charge on any atom is -0.493 e. The minimum absolute atomic E-state index is 0.315. The van der Waals surface area contributed by atoms with Gasteiger partial charge in [0, 0.05) is 31.2 Å². The molecule has 0 radical (unpaired) electrons. The Balaban J connectivity index is 2.01. The maximum absolute atomic E-state index is 5.76. The molecule has 0 fully saturated rings. The quantitative estimate of drug-likeness (QED) is 0.754. The lowest BCUT2D eigenvalue weighted by Crippen LogP contribution is -2.19. The van der Waals surface area contributed by atoms with Gasteiger partial charge in [0.05, 0.1) is 6.61 Å². The third kappa shape index (κ3) is 3.03. The summed E-state index contributed by atoms with van der Waals surface area (Å²) in [5.74, 6) is 1.09. The Kier molecular flexibility index (Phi) is 5.02. The van der Waals surface area contributed by atoms with Gasteiger partial charge in [-0.3, -0.25) is 0 Å². The summed E-state index contributed by atoms with van der Waals surface area (Å²) in [7, 11) is 2.00. The summed E-state index contributed by atoms with van der Waals surface area (Å²) in [5.41, 5.74) is 2.61. The van der Waals surface area contributed by atoms with Crippen LogP contribution in [0.5, 0.6) is 5.75 Å². The molecule has 3 heteroatoms. The van der Waals surface area contributed by atoms with Crippen LogP contribution in [0.15, 0.2) is 18.2 Å². The summed E-state index contributed by atoms with van der Waals surface area (Å²) in [6.07, 6.45) is 3.09. The van der Waals surface area contributed by atoms with E-state index in [1.807, 2.05) is 7.05 Å². The summed E-state index contributed by atoms with van der Waals surface area (Å²) in [6.45, 7) is 4.59. The maximum atomic E-state index is 5.76. The van der Waals surface area contributed by atoms with Crippen molar-refractivity contribution in [3.63, 3.8) is 0 Å². The molecule has 1 atom stereocenters. The molecule has 1 unspecified atom stereocenters. The van der Waals surface area contributed by atoms with Crippen LogP contribution in [0.1, 0.15) is 36.9 Å². The molecule has 0 bridgehead atoms. The molecule has 0 spiro atoms. The summed E-state index contributed by atoms with van der Waals surface area (Å²) < 4.78 is 11.3. The molecule has 100 valence electrons. The van der Waals surface area contributed by atoms with E-state index in [-0.39, 0.29) is 0 Å². The summed E-state index contributed by atoms with van der Waals surface area (Å²) in [6, 6.07) is 6.76. The molecular formula is C15H23NO2. The van der Waals surface area contributed by atoms with E-state index in [1.54, 1.807) is 0 Å². The SMILES string of the molecule is CCCOCCC(NC)c1cccc2c1OCC2. The van der Waals surface area contributed by atoms with Crippen molar-refractivity contribution in [1.29, 1.82) is 0 Å². The lowest BCUT2D eigenvalue weighted by molar-refractivity contribution is 0.125. The van der Waals surface area contributed by atoms with Gasteiger partial charge in [-0.05, 0) is 25.5 Å². The van der Waals surface area contributed by atoms with E-state index in [0.29, 0.717) is 6.04 Å². The van der Waals surface area contributed by atoms with Gasteiger partial charge in [-0.1, -0.05) is 25.1 Å². The first-order valence-corrected chi connectivity index (χ1v) is 6.86. The van der Waals surface area contributed by atoms with Crippen molar-refractivity contribution < 1.29 is 9.47 Å². The number of nitrogens with one attached hydrogen (secondary N) is 1. The Bertz CT molecular complexity index is 379. The van der Waals surface area contributed by atoms with Crippen LogP contribution in [0, 0.1) is 0 Å². The average Bonchev–Trinajstić information content (AvgIpc) is 2.87. The van der Waals surface area contributed by atoms with Crippen molar-refractivity contribution in [3.8, 4) is 5.75 Å². The first kappa shape index (κ1) is 13.4. The van der Waals surface area contributed by atoms with Crippen LogP contribution >= 0.6 is 0 Å². The van der Waals surface area contributed by atoms with E-state index in [4.69, 9.17) is 9.47 Å². The first-order chi connectivity index (χ1) is 8.86. The second-order valence-corrected chi connectivity index (χ2v) is 4.68. The maximum Gasteiger partial charge on any atom is 0.127 e. The molecule has 1 aromatic rings. The molecule has 3 nitrogen and oxygen atoms in total. The second-order valence-electron chi connectivity index (χ2n) is 4.68. The molecule has 0 aliphatic carbocycles. The van der Waals surface area contributed by atoms with Crippen molar-refractivity contribution in [2.75, 3.05) is 26.9 Å². The molecule has 1 heterocycles. The van der Waals surface area contributed by atoms with Gasteiger partial charge in [0.25, 0.3) is 0 Å². The molecule has 1 aliphatic heterocycles. The van der Waals surface area contributed by atoms with Crippen LogP contribution < -0.4 is 10.1 Å². The molecule has 1 aromatic carbocycles. The third-order valence-electron chi connectivity index (χ3n) is 3.37. The monoisotopic (exact) mass is 249 g/mol. The fourth-order valence-corrected chi connectivity index (χ4v) is 2.42. The predicted octanol–water partition coefficient (Wildman–Crippen LogP) is 2.70. The number of para-hydroxylation sites is 1. The highest BCUT2D eigenvalue weighted by Gasteiger charge is 2.20. The number of hydrogen-bond acceptors (Lipinski definition) is 3. The zero-order chi connectivity index (χ0) is 12.8. The molecule has 0 amide bonds. The number of fused-ring (bicyclic) bond motifs is 1. The lowest BCUT2D eigenvalue weighted by atomic mass is 10.00. The number of benzene rings is 1. The van der Waals surface area contributed by atoms with E-state index in [1.165, 1.54) is 11.1 Å². The Morgan fingerprint density at radius 3 is 3.06 bits per heavy atom. The van der Waals surface area contributed by atoms with Crippen LogP contribution in [0.4, 0.5) is 0 Å². The van der Waals surface area contributed by atoms with Gasteiger partial charge in [0.15, 0.2) is 0 Å². The number of rotatable bonds is 7. The average molecular weight is 249 g/mol. The smallest absolute Gasteiger partial charge is 0.127 e. The minimum atomic E-state index is 0.315. The van der Waals surface area contributed by atoms with E-state index in [2.05, 4.69) is 30.4 Å². The van der Waals surface area contributed by atoms with E-state index in [9.17, 15) is 0 Å². The topological polar surface area (TPSA) is 30.5 Å². The van der Waals surface area contributed by atoms with Crippen LogP contribution in [0.3, 0.4) is 0 Å². The van der Waals surface area contributed by atoms with Crippen molar-refractivity contribution in [2.45, 2.75) is 32.2 Å². The Morgan fingerprint density at radius 2 is 2.28 bits per heavy atom. The van der Waals surface area contributed by atoms with E-state index < -0.39 is 0 Å². The molecular weight excluding hydrogens is 226 g/mol. The standard InChI is InChI=1S/C15H23NO2/c1-3-9-17-10-8-14(16-2)13-6-4-5-12-7-11-18-15(12)13/h4-6,14,16H,3,7-11H2,1-2H3. The fraction of sp³-hybridized carbons (Fsp3) is 0.600. The zero-order valence-corrected chi connectivity index (χ0v) is 11.4. The van der Waals surface area contributed by atoms with Crippen molar-refractivity contribution in [3.05, 3.63) is 29.3 Å². The molecule has 18 heavy (non-hydrogen) atoms. The Hall–Kier alpha value is -1.06. The third-order valence-corrected chi connectivity index (χ3v) is 3.37. The molecule has 0 saturated heterocycles. The fourth-order valence-electron chi connectivity index (χ4n) is 2.42. The van der Waals surface area contributed by atoms with Gasteiger partial charge in [-0.25, -0.2) is 0 Å². The Morgan fingerprint density at radius 1 is 1.39 bits per heavy atom. The molecule has 1 aliphatic rings. The zero-order valence-electron chi connectivity index (χ0n) is 11.4. The van der Waals surface area contributed by atoms with Crippen LogP contribution in [-0.4, -0.2) is 26.9 Å². The highest BCUT2D eigenvalue weighted by Crippen LogP contribution is 2.34. The van der Waals surface area contributed by atoms with Crippen molar-refractivity contribution >= 4 is 0 Å². The summed E-state index contributed by atoms with van der Waals surface area (Å²) in [5, 5.41) is 3.36. The lowest BCUT2D eigenvalue weighted by Gasteiger charge is -2.19. The van der Waals surface area contributed by atoms with Gasteiger partial charge in [0.2, 0.25) is 0 Å². The van der Waals surface area contributed by atoms with Crippen LogP contribution in [-0.2, 0) is 11.2 Å². The number of hydrogen-bond donors (Lipinski definition) is 1. The summed E-state index contributed by atoms with van der Waals surface area (Å²) in [4.78, 5) is 0. The van der Waals surface area contributed by atoms with Crippen molar-refractivity contribution in [1.82, 2.24) is 5.32 Å².